The fraction of sp³-hybridized carbons (Fsp3) is 0.600. The average molecular weight is 249 g/mol. The van der Waals surface area contributed by atoms with Gasteiger partial charge in [-0.2, -0.15) is 0 Å². The zero-order valence-corrected chi connectivity index (χ0v) is 11.2. The van der Waals surface area contributed by atoms with Gasteiger partial charge in [-0.25, -0.2) is 0 Å². The fourth-order valence-corrected chi connectivity index (χ4v) is 2.88. The van der Waals surface area contributed by atoms with Crippen LogP contribution in [0.2, 0.25) is 0 Å². The molecule has 3 heteroatoms. The molecule has 1 aliphatic carbocycles. The van der Waals surface area contributed by atoms with Crippen LogP contribution >= 0.6 is 0 Å². The first kappa shape index (κ1) is 13.4. The van der Waals surface area contributed by atoms with Crippen molar-refractivity contribution in [3.8, 4) is 0 Å². The summed E-state index contributed by atoms with van der Waals surface area (Å²) in [6, 6.07) is 8.05. The lowest BCUT2D eigenvalue weighted by atomic mass is 9.91. The van der Waals surface area contributed by atoms with Gasteiger partial charge in [-0.15, -0.1) is 0 Å². The first-order chi connectivity index (χ1) is 8.61. The molecule has 3 nitrogen and oxygen atoms in total. The van der Waals surface area contributed by atoms with Gasteiger partial charge in [0.25, 0.3) is 0 Å². The number of hydrogen-bond donors (Lipinski definition) is 2. The number of aliphatic hydroxyl groups is 2. The minimum absolute atomic E-state index is 0.165. The van der Waals surface area contributed by atoms with E-state index in [9.17, 15) is 10.2 Å². The third-order valence-corrected chi connectivity index (χ3v) is 3.96. The third-order valence-electron chi connectivity index (χ3n) is 3.96. The van der Waals surface area contributed by atoms with E-state index in [0.717, 1.165) is 30.5 Å². The smallest absolute Gasteiger partial charge is 0.0781 e. The lowest BCUT2D eigenvalue weighted by Crippen LogP contribution is -2.43. The van der Waals surface area contributed by atoms with E-state index in [4.69, 9.17) is 0 Å². The zero-order valence-electron chi connectivity index (χ0n) is 11.2. The van der Waals surface area contributed by atoms with Crippen molar-refractivity contribution in [1.29, 1.82) is 0 Å². The van der Waals surface area contributed by atoms with E-state index in [1.807, 2.05) is 31.3 Å². The first-order valence-electron chi connectivity index (χ1n) is 6.79. The van der Waals surface area contributed by atoms with E-state index in [2.05, 4.69) is 4.90 Å². The molecule has 0 spiro atoms. The number of hydrogen-bond acceptors (Lipinski definition) is 3. The number of para-hydroxylation sites is 1. The Hall–Kier alpha value is -1.06. The van der Waals surface area contributed by atoms with Crippen LogP contribution in [-0.2, 0) is 0 Å². The van der Waals surface area contributed by atoms with Gasteiger partial charge in [0.15, 0.2) is 0 Å². The Bertz CT molecular complexity index is 392. The molecule has 3 unspecified atom stereocenters. The normalized spacial score (nSPS) is 25.8. The Labute approximate surface area is 109 Å². The van der Waals surface area contributed by atoms with Gasteiger partial charge in [-0.05, 0) is 25.8 Å². The lowest BCUT2D eigenvalue weighted by Gasteiger charge is -2.37. The second kappa shape index (κ2) is 5.72. The third kappa shape index (κ3) is 2.68. The first-order valence-corrected chi connectivity index (χ1v) is 6.79. The van der Waals surface area contributed by atoms with Crippen LogP contribution in [0.4, 0.5) is 5.69 Å². The minimum atomic E-state index is -0.482. The Balaban J connectivity index is 2.24. The summed E-state index contributed by atoms with van der Waals surface area (Å²) in [7, 11) is 2.01. The van der Waals surface area contributed by atoms with Crippen molar-refractivity contribution in [2.75, 3.05) is 11.9 Å². The molecule has 0 aliphatic heterocycles. The van der Waals surface area contributed by atoms with Crippen LogP contribution in [0.15, 0.2) is 24.3 Å². The Kier molecular flexibility index (Phi) is 4.25. The summed E-state index contributed by atoms with van der Waals surface area (Å²) in [6.45, 7) is 1.78. The lowest BCUT2D eigenvalue weighted by molar-refractivity contribution is 0.106. The molecule has 0 radical (unpaired) electrons. The summed E-state index contributed by atoms with van der Waals surface area (Å²) >= 11 is 0. The van der Waals surface area contributed by atoms with Crippen molar-refractivity contribution >= 4 is 5.69 Å². The summed E-state index contributed by atoms with van der Waals surface area (Å²) in [5, 5.41) is 20.0. The van der Waals surface area contributed by atoms with Gasteiger partial charge in [-0.1, -0.05) is 31.0 Å². The summed E-state index contributed by atoms with van der Waals surface area (Å²) in [6.07, 6.45) is 3.44. The predicted octanol–water partition coefficient (Wildman–Crippen LogP) is 2.48. The Morgan fingerprint density at radius 2 is 1.89 bits per heavy atom. The van der Waals surface area contributed by atoms with Crippen LogP contribution in [0.25, 0.3) is 0 Å². The van der Waals surface area contributed by atoms with Crippen molar-refractivity contribution in [2.24, 2.45) is 0 Å². The van der Waals surface area contributed by atoms with Gasteiger partial charge >= 0.3 is 0 Å². The van der Waals surface area contributed by atoms with Crippen LogP contribution in [-0.4, -0.2) is 29.4 Å². The van der Waals surface area contributed by atoms with Crippen molar-refractivity contribution in [2.45, 2.75) is 50.9 Å². The number of anilines is 1. The SMILES string of the molecule is CC(O)c1ccccc1N(C)C1CCCCC1O. The second-order valence-electron chi connectivity index (χ2n) is 5.26. The van der Waals surface area contributed by atoms with Crippen molar-refractivity contribution in [3.05, 3.63) is 29.8 Å². The van der Waals surface area contributed by atoms with Gasteiger partial charge < -0.3 is 15.1 Å². The molecule has 0 heterocycles. The second-order valence-corrected chi connectivity index (χ2v) is 5.26. The van der Waals surface area contributed by atoms with Crippen LogP contribution in [0.3, 0.4) is 0 Å². The van der Waals surface area contributed by atoms with E-state index >= 15 is 0 Å². The van der Waals surface area contributed by atoms with Gasteiger partial charge in [0.1, 0.15) is 0 Å². The molecule has 2 N–H and O–H groups in total. The standard InChI is InChI=1S/C15H23NO2/c1-11(17)12-7-3-4-8-13(12)16(2)14-9-5-6-10-15(14)18/h3-4,7-8,11,14-15,17-18H,5-6,9-10H2,1-2H3. The summed E-state index contributed by atoms with van der Waals surface area (Å²) in [4.78, 5) is 2.13. The molecule has 3 atom stereocenters. The molecule has 0 bridgehead atoms. The highest BCUT2D eigenvalue weighted by Crippen LogP contribution is 2.31. The maximum atomic E-state index is 10.1. The molecule has 2 rings (SSSR count). The van der Waals surface area contributed by atoms with Crippen LogP contribution in [0.5, 0.6) is 0 Å². The van der Waals surface area contributed by atoms with Crippen molar-refractivity contribution < 1.29 is 10.2 Å². The van der Waals surface area contributed by atoms with Crippen molar-refractivity contribution in [1.82, 2.24) is 0 Å². The average Bonchev–Trinajstić information content (AvgIpc) is 2.38. The predicted molar refractivity (Wildman–Crippen MR) is 73.7 cm³/mol. The highest BCUT2D eigenvalue weighted by atomic mass is 16.3. The highest BCUT2D eigenvalue weighted by molar-refractivity contribution is 5.55. The quantitative estimate of drug-likeness (QED) is 0.865. The van der Waals surface area contributed by atoms with Gasteiger partial charge in [0.05, 0.1) is 18.2 Å². The molecule has 1 saturated carbocycles. The van der Waals surface area contributed by atoms with E-state index in [1.54, 1.807) is 6.92 Å². The maximum Gasteiger partial charge on any atom is 0.0781 e. The molecule has 1 fully saturated rings. The highest BCUT2D eigenvalue weighted by Gasteiger charge is 2.28. The number of likely N-dealkylation sites (N-methyl/N-ethyl adjacent to an activating group) is 1. The number of nitrogens with zero attached hydrogens (tertiary/aromatic N) is 1. The zero-order chi connectivity index (χ0) is 13.1. The number of benzene rings is 1. The van der Waals surface area contributed by atoms with Crippen molar-refractivity contribution in [3.63, 3.8) is 0 Å². The van der Waals surface area contributed by atoms with Gasteiger partial charge in [0.2, 0.25) is 0 Å². The number of aliphatic hydroxyl groups excluding tert-OH is 2. The monoisotopic (exact) mass is 249 g/mol. The molecule has 0 amide bonds. The molecule has 1 aromatic carbocycles. The van der Waals surface area contributed by atoms with E-state index in [0.29, 0.717) is 0 Å². The topological polar surface area (TPSA) is 43.7 Å². The molecule has 1 aliphatic rings. The van der Waals surface area contributed by atoms with E-state index in [-0.39, 0.29) is 12.1 Å². The summed E-state index contributed by atoms with van der Waals surface area (Å²) in [5.41, 5.74) is 1.95. The molecule has 1 aromatic rings. The maximum absolute atomic E-state index is 10.1. The van der Waals surface area contributed by atoms with Gasteiger partial charge in [-0.3, -0.25) is 0 Å². The largest absolute Gasteiger partial charge is 0.391 e. The Morgan fingerprint density at radius 3 is 2.56 bits per heavy atom. The molecule has 0 saturated heterocycles. The van der Waals surface area contributed by atoms with Crippen LogP contribution in [0, 0.1) is 0 Å². The molecule has 18 heavy (non-hydrogen) atoms. The van der Waals surface area contributed by atoms with Crippen LogP contribution in [0.1, 0.15) is 44.3 Å². The van der Waals surface area contributed by atoms with Gasteiger partial charge in [0, 0.05) is 18.3 Å². The Morgan fingerprint density at radius 1 is 1.22 bits per heavy atom. The molecular weight excluding hydrogens is 226 g/mol. The van der Waals surface area contributed by atoms with E-state index < -0.39 is 6.10 Å². The molecule has 100 valence electrons. The van der Waals surface area contributed by atoms with Crippen LogP contribution < -0.4 is 4.90 Å². The summed E-state index contributed by atoms with van der Waals surface area (Å²) in [5.74, 6) is 0. The molecule has 0 aromatic heterocycles. The minimum Gasteiger partial charge on any atom is -0.391 e. The fourth-order valence-electron chi connectivity index (χ4n) is 2.88. The molecular formula is C15H23NO2. The summed E-state index contributed by atoms with van der Waals surface area (Å²) < 4.78 is 0. The van der Waals surface area contributed by atoms with E-state index in [1.165, 1.54) is 6.42 Å². The number of rotatable bonds is 3.